The third-order valence-corrected chi connectivity index (χ3v) is 10.6. The van der Waals surface area contributed by atoms with Crippen LogP contribution in [0.1, 0.15) is 49.9 Å². The van der Waals surface area contributed by atoms with Gasteiger partial charge in [-0.2, -0.15) is 0 Å². The van der Waals surface area contributed by atoms with Gasteiger partial charge in [-0.3, -0.25) is 0 Å². The van der Waals surface area contributed by atoms with Crippen LogP contribution in [0.15, 0.2) is 133 Å². The van der Waals surface area contributed by atoms with Crippen LogP contribution >= 0.6 is 0 Å². The lowest BCUT2D eigenvalue weighted by Crippen LogP contribution is -2.21. The van der Waals surface area contributed by atoms with Crippen molar-refractivity contribution in [2.45, 2.75) is 38.5 Å². The molecule has 7 aromatic carbocycles. The van der Waals surface area contributed by atoms with Gasteiger partial charge in [0.2, 0.25) is 0 Å². The molecule has 0 nitrogen and oxygen atoms in total. The summed E-state index contributed by atoms with van der Waals surface area (Å²) in [5, 5.41) is 5.25. The summed E-state index contributed by atoms with van der Waals surface area (Å²) in [4.78, 5) is 0. The van der Waals surface area contributed by atoms with E-state index >= 15 is 0 Å². The molecule has 0 amide bonds. The van der Waals surface area contributed by atoms with Crippen LogP contribution < -0.4 is 0 Å². The number of fused-ring (bicyclic) bond motifs is 8. The van der Waals surface area contributed by atoms with E-state index in [0.29, 0.717) is 0 Å². The molecule has 0 N–H and O–H groups in total. The van der Waals surface area contributed by atoms with Gasteiger partial charge in [0.15, 0.2) is 0 Å². The van der Waals surface area contributed by atoms with Crippen molar-refractivity contribution in [2.24, 2.45) is 0 Å². The van der Waals surface area contributed by atoms with E-state index in [-0.39, 0.29) is 10.8 Å². The molecule has 0 heterocycles. The Bertz CT molecular complexity index is 2180. The molecule has 0 bridgehead atoms. The summed E-state index contributed by atoms with van der Waals surface area (Å²) in [6.07, 6.45) is 0. The zero-order valence-corrected chi connectivity index (χ0v) is 25.7. The summed E-state index contributed by atoms with van der Waals surface area (Å²) < 4.78 is 0. The first-order chi connectivity index (χ1) is 21.4. The van der Waals surface area contributed by atoms with Gasteiger partial charge in [-0.15, -0.1) is 0 Å². The molecule has 0 aromatic heterocycles. The summed E-state index contributed by atoms with van der Waals surface area (Å²) in [7, 11) is 0. The second-order valence-corrected chi connectivity index (χ2v) is 13.6. The van der Waals surface area contributed by atoms with Crippen molar-refractivity contribution in [2.75, 3.05) is 0 Å². The Kier molecular flexibility index (Phi) is 5.11. The van der Waals surface area contributed by atoms with Gasteiger partial charge < -0.3 is 0 Å². The molecule has 0 heteroatoms. The Labute approximate surface area is 259 Å². The summed E-state index contributed by atoms with van der Waals surface area (Å²) >= 11 is 0. The van der Waals surface area contributed by atoms with E-state index in [1.54, 1.807) is 0 Å². The van der Waals surface area contributed by atoms with Crippen LogP contribution in [0, 0.1) is 0 Å². The largest absolute Gasteiger partial charge is 0.0622 e. The van der Waals surface area contributed by atoms with E-state index in [2.05, 4.69) is 161 Å². The standard InChI is InChI=1S/C44H34/c1-43(2)36-24-14-12-18-28(36)34-26-35-29-19-13-15-25-37(29)44(3,4)42(35)40(41(34)43)39-32-22-10-8-20-30(32)38(27-16-6-5-7-17-27)31-21-9-11-23-33(31)39/h5-26H,1-4H3. The lowest BCUT2D eigenvalue weighted by molar-refractivity contribution is 0.643. The second kappa shape index (κ2) is 8.80. The Hall–Kier alpha value is -4.94. The van der Waals surface area contributed by atoms with Gasteiger partial charge in [-0.1, -0.05) is 155 Å². The summed E-state index contributed by atoms with van der Waals surface area (Å²) in [5.74, 6) is 0. The lowest BCUT2D eigenvalue weighted by atomic mass is 9.70. The smallest absolute Gasteiger partial charge is 0.0165 e. The SMILES string of the molecule is CC1(C)c2ccccc2-c2cc3c(c(-c4c5ccccc5c(-c5ccccc5)c5ccccc45)c21)C(C)(C)c1ccccc1-3. The molecule has 0 spiro atoms. The van der Waals surface area contributed by atoms with Crippen molar-refractivity contribution in [3.63, 3.8) is 0 Å². The van der Waals surface area contributed by atoms with Gasteiger partial charge in [0, 0.05) is 10.8 Å². The molecule has 0 atom stereocenters. The van der Waals surface area contributed by atoms with E-state index in [0.717, 1.165) is 0 Å². The van der Waals surface area contributed by atoms with E-state index in [9.17, 15) is 0 Å². The molecule has 7 aromatic rings. The minimum absolute atomic E-state index is 0.151. The summed E-state index contributed by atoms with van der Waals surface area (Å²) in [6.45, 7) is 9.74. The van der Waals surface area contributed by atoms with Crippen LogP contribution in [0.2, 0.25) is 0 Å². The number of benzene rings is 7. The minimum Gasteiger partial charge on any atom is -0.0622 e. The van der Waals surface area contributed by atoms with E-state index in [4.69, 9.17) is 0 Å². The summed E-state index contributed by atoms with van der Waals surface area (Å²) in [5.41, 5.74) is 16.3. The molecule has 0 saturated carbocycles. The Morgan fingerprint density at radius 1 is 0.341 bits per heavy atom. The van der Waals surface area contributed by atoms with Crippen LogP contribution in [0.25, 0.3) is 66.1 Å². The van der Waals surface area contributed by atoms with E-state index < -0.39 is 0 Å². The maximum Gasteiger partial charge on any atom is 0.0165 e. The average molecular weight is 563 g/mol. The van der Waals surface area contributed by atoms with Crippen molar-refractivity contribution in [3.8, 4) is 44.5 Å². The molecular formula is C44H34. The molecule has 0 saturated heterocycles. The highest BCUT2D eigenvalue weighted by atomic mass is 14.5. The third kappa shape index (κ3) is 3.18. The Balaban J connectivity index is 1.54. The van der Waals surface area contributed by atoms with Gasteiger partial charge in [0.05, 0.1) is 0 Å². The average Bonchev–Trinajstić information content (AvgIpc) is 3.43. The molecule has 9 rings (SSSR count). The highest BCUT2D eigenvalue weighted by Gasteiger charge is 2.45. The topological polar surface area (TPSA) is 0 Å². The van der Waals surface area contributed by atoms with Gasteiger partial charge in [-0.05, 0) is 94.4 Å². The predicted molar refractivity (Wildman–Crippen MR) is 187 cm³/mol. The maximum absolute atomic E-state index is 2.53. The van der Waals surface area contributed by atoms with Gasteiger partial charge >= 0.3 is 0 Å². The number of hydrogen-bond donors (Lipinski definition) is 0. The zero-order chi connectivity index (χ0) is 29.8. The van der Waals surface area contributed by atoms with Crippen molar-refractivity contribution >= 4 is 21.5 Å². The number of rotatable bonds is 2. The first-order valence-corrected chi connectivity index (χ1v) is 15.8. The molecule has 0 unspecified atom stereocenters. The number of hydrogen-bond acceptors (Lipinski definition) is 0. The zero-order valence-electron chi connectivity index (χ0n) is 25.7. The van der Waals surface area contributed by atoms with Crippen LogP contribution in [0.3, 0.4) is 0 Å². The first kappa shape index (κ1) is 25.5. The molecule has 210 valence electrons. The summed E-state index contributed by atoms with van der Waals surface area (Å²) in [6, 6.07) is 49.9. The molecule has 2 aliphatic carbocycles. The van der Waals surface area contributed by atoms with E-state index in [1.165, 1.54) is 88.3 Å². The second-order valence-electron chi connectivity index (χ2n) is 13.6. The lowest BCUT2D eigenvalue weighted by Gasteiger charge is -2.32. The molecule has 2 aliphatic rings. The first-order valence-electron chi connectivity index (χ1n) is 15.8. The van der Waals surface area contributed by atoms with Crippen molar-refractivity contribution in [1.82, 2.24) is 0 Å². The maximum atomic E-state index is 2.53. The van der Waals surface area contributed by atoms with Gasteiger partial charge in [-0.25, -0.2) is 0 Å². The molecule has 44 heavy (non-hydrogen) atoms. The Morgan fingerprint density at radius 2 is 0.727 bits per heavy atom. The normalized spacial score (nSPS) is 15.2. The monoisotopic (exact) mass is 562 g/mol. The van der Waals surface area contributed by atoms with Crippen LogP contribution in [-0.2, 0) is 10.8 Å². The van der Waals surface area contributed by atoms with Crippen molar-refractivity contribution < 1.29 is 0 Å². The third-order valence-electron chi connectivity index (χ3n) is 10.6. The van der Waals surface area contributed by atoms with Crippen molar-refractivity contribution in [3.05, 3.63) is 156 Å². The quantitative estimate of drug-likeness (QED) is 0.184. The fourth-order valence-corrected chi connectivity index (χ4v) is 8.77. The highest BCUT2D eigenvalue weighted by Crippen LogP contribution is 2.62. The van der Waals surface area contributed by atoms with E-state index in [1.807, 2.05) is 0 Å². The molecule has 0 fully saturated rings. The molecule has 0 radical (unpaired) electrons. The van der Waals surface area contributed by atoms with Crippen molar-refractivity contribution in [1.29, 1.82) is 0 Å². The fraction of sp³-hybridized carbons (Fsp3) is 0.136. The predicted octanol–water partition coefficient (Wildman–Crippen LogP) is 11.9. The van der Waals surface area contributed by atoms with Crippen LogP contribution in [0.4, 0.5) is 0 Å². The minimum atomic E-state index is -0.151. The van der Waals surface area contributed by atoms with Crippen LogP contribution in [0.5, 0.6) is 0 Å². The van der Waals surface area contributed by atoms with Gasteiger partial charge in [0.1, 0.15) is 0 Å². The highest BCUT2D eigenvalue weighted by molar-refractivity contribution is 6.23. The fourth-order valence-electron chi connectivity index (χ4n) is 8.77. The molecular weight excluding hydrogens is 528 g/mol. The van der Waals surface area contributed by atoms with Gasteiger partial charge in [0.25, 0.3) is 0 Å². The Morgan fingerprint density at radius 3 is 1.20 bits per heavy atom. The molecule has 0 aliphatic heterocycles. The van der Waals surface area contributed by atoms with Crippen LogP contribution in [-0.4, -0.2) is 0 Å².